The van der Waals surface area contributed by atoms with Crippen LogP contribution in [0.4, 0.5) is 24.5 Å². The number of nitrogens with one attached hydrogen (secondary N) is 1. The largest absolute Gasteiger partial charge is 0.423 e. The zero-order valence-electron chi connectivity index (χ0n) is 8.62. The Morgan fingerprint density at radius 2 is 2.12 bits per heavy atom. The predicted molar refractivity (Wildman–Crippen MR) is 56.8 cm³/mol. The van der Waals surface area contributed by atoms with E-state index in [1.54, 1.807) is 0 Å². The van der Waals surface area contributed by atoms with E-state index in [2.05, 4.69) is 11.9 Å². The van der Waals surface area contributed by atoms with Crippen molar-refractivity contribution in [2.45, 2.75) is 6.18 Å². The van der Waals surface area contributed by atoms with Gasteiger partial charge in [0.25, 0.3) is 5.69 Å². The lowest BCUT2D eigenvalue weighted by Crippen LogP contribution is -2.10. The van der Waals surface area contributed by atoms with E-state index in [-0.39, 0.29) is 12.2 Å². The first-order valence-corrected chi connectivity index (χ1v) is 4.56. The Labute approximate surface area is 94.9 Å². The Morgan fingerprint density at radius 1 is 1.47 bits per heavy atom. The Morgan fingerprint density at radius 3 is 2.59 bits per heavy atom. The maximum absolute atomic E-state index is 12.6. The number of nitro benzene ring substituents is 1. The van der Waals surface area contributed by atoms with Gasteiger partial charge in [-0.15, -0.1) is 6.58 Å². The molecule has 4 nitrogen and oxygen atoms in total. The Hall–Kier alpha value is -2.05. The van der Waals surface area contributed by atoms with Crippen molar-refractivity contribution in [3.63, 3.8) is 0 Å². The number of hydrogen-bond donors (Lipinski definition) is 1. The minimum absolute atomic E-state index is 0.155. The van der Waals surface area contributed by atoms with Crippen molar-refractivity contribution in [1.29, 1.82) is 0 Å². The molecule has 0 fully saturated rings. The maximum Gasteiger partial charge on any atom is 0.423 e. The number of alkyl halides is 3. The van der Waals surface area contributed by atoms with Crippen molar-refractivity contribution < 1.29 is 18.1 Å². The number of benzene rings is 1. The summed E-state index contributed by atoms with van der Waals surface area (Å²) in [5.41, 5.74) is -2.07. The highest BCUT2D eigenvalue weighted by Gasteiger charge is 2.38. The van der Waals surface area contributed by atoms with Crippen LogP contribution in [-0.4, -0.2) is 11.5 Å². The van der Waals surface area contributed by atoms with Gasteiger partial charge in [-0.1, -0.05) is 6.08 Å². The number of anilines is 1. The molecule has 0 aliphatic carbocycles. The smallest absolute Gasteiger partial charge is 0.382 e. The van der Waals surface area contributed by atoms with E-state index in [1.165, 1.54) is 12.1 Å². The minimum Gasteiger partial charge on any atom is -0.382 e. The third-order valence-electron chi connectivity index (χ3n) is 1.95. The summed E-state index contributed by atoms with van der Waals surface area (Å²) in [6, 6.07) is 2.76. The molecule has 0 bridgehead atoms. The molecule has 0 aliphatic rings. The van der Waals surface area contributed by atoms with E-state index in [1.807, 2.05) is 0 Å². The molecule has 7 heteroatoms. The van der Waals surface area contributed by atoms with Crippen molar-refractivity contribution in [3.05, 3.63) is 46.5 Å². The first-order chi connectivity index (χ1) is 7.86. The third-order valence-corrected chi connectivity index (χ3v) is 1.95. The Balaban J connectivity index is 3.19. The summed E-state index contributed by atoms with van der Waals surface area (Å²) in [7, 11) is 0. The van der Waals surface area contributed by atoms with E-state index >= 15 is 0 Å². The highest BCUT2D eigenvalue weighted by molar-refractivity contribution is 5.55. The van der Waals surface area contributed by atoms with Crippen LogP contribution >= 0.6 is 0 Å². The van der Waals surface area contributed by atoms with Crippen LogP contribution in [0.15, 0.2) is 30.9 Å². The molecule has 0 atom stereocenters. The number of rotatable bonds is 4. The fourth-order valence-electron chi connectivity index (χ4n) is 1.22. The van der Waals surface area contributed by atoms with Crippen LogP contribution in [0.2, 0.25) is 0 Å². The number of hydrogen-bond acceptors (Lipinski definition) is 3. The average Bonchev–Trinajstić information content (AvgIpc) is 2.24. The molecule has 0 saturated heterocycles. The van der Waals surface area contributed by atoms with E-state index in [0.29, 0.717) is 6.07 Å². The molecular weight excluding hydrogens is 237 g/mol. The lowest BCUT2D eigenvalue weighted by atomic mass is 10.1. The van der Waals surface area contributed by atoms with E-state index in [4.69, 9.17) is 0 Å². The molecular formula is C10H9F3N2O2. The molecule has 1 N–H and O–H groups in total. The lowest BCUT2D eigenvalue weighted by Gasteiger charge is -2.10. The highest BCUT2D eigenvalue weighted by Crippen LogP contribution is 2.37. The first kappa shape index (κ1) is 13.0. The summed E-state index contributed by atoms with van der Waals surface area (Å²) in [4.78, 5) is 9.41. The van der Waals surface area contributed by atoms with Gasteiger partial charge < -0.3 is 5.32 Å². The molecule has 0 aliphatic heterocycles. The summed E-state index contributed by atoms with van der Waals surface area (Å²) >= 11 is 0. The summed E-state index contributed by atoms with van der Waals surface area (Å²) in [5, 5.41) is 13.1. The molecule has 0 aromatic heterocycles. The minimum atomic E-state index is -4.76. The van der Waals surface area contributed by atoms with Crippen LogP contribution in [0, 0.1) is 10.1 Å². The Kier molecular flexibility index (Phi) is 3.72. The molecule has 17 heavy (non-hydrogen) atoms. The fourth-order valence-corrected chi connectivity index (χ4v) is 1.22. The molecule has 1 rings (SSSR count). The van der Waals surface area contributed by atoms with Gasteiger partial charge in [-0.2, -0.15) is 13.2 Å². The second-order valence-corrected chi connectivity index (χ2v) is 3.16. The first-order valence-electron chi connectivity index (χ1n) is 4.56. The van der Waals surface area contributed by atoms with Crippen molar-refractivity contribution in [2.75, 3.05) is 11.9 Å². The van der Waals surface area contributed by atoms with Crippen LogP contribution in [0.3, 0.4) is 0 Å². The van der Waals surface area contributed by atoms with Gasteiger partial charge in [0.15, 0.2) is 0 Å². The predicted octanol–water partition coefficient (Wildman–Crippen LogP) is 3.21. The van der Waals surface area contributed by atoms with E-state index in [9.17, 15) is 23.3 Å². The van der Waals surface area contributed by atoms with Crippen molar-refractivity contribution in [1.82, 2.24) is 0 Å². The highest BCUT2D eigenvalue weighted by atomic mass is 19.4. The summed E-state index contributed by atoms with van der Waals surface area (Å²) in [5.74, 6) is 0. The summed E-state index contributed by atoms with van der Waals surface area (Å²) < 4.78 is 37.7. The zero-order chi connectivity index (χ0) is 13.1. The topological polar surface area (TPSA) is 55.2 Å². The molecule has 0 radical (unpaired) electrons. The summed E-state index contributed by atoms with van der Waals surface area (Å²) in [6.07, 6.45) is -3.29. The van der Waals surface area contributed by atoms with E-state index < -0.39 is 22.4 Å². The number of nitro groups is 1. The van der Waals surface area contributed by atoms with Crippen LogP contribution in [0.25, 0.3) is 0 Å². The SMILES string of the molecule is C=CCNc1ccc([N+](=O)[O-])c(C(F)(F)F)c1. The fraction of sp³-hybridized carbons (Fsp3) is 0.200. The van der Waals surface area contributed by atoms with E-state index in [0.717, 1.165) is 6.07 Å². The van der Waals surface area contributed by atoms with Gasteiger partial charge in [0.1, 0.15) is 5.56 Å². The summed E-state index contributed by atoms with van der Waals surface area (Å²) in [6.45, 7) is 3.67. The van der Waals surface area contributed by atoms with Gasteiger partial charge in [-0.05, 0) is 12.1 Å². The van der Waals surface area contributed by atoms with Gasteiger partial charge in [-0.3, -0.25) is 10.1 Å². The monoisotopic (exact) mass is 246 g/mol. The normalized spacial score (nSPS) is 11.0. The third kappa shape index (κ3) is 3.20. The van der Waals surface area contributed by atoms with Crippen LogP contribution in [-0.2, 0) is 6.18 Å². The second-order valence-electron chi connectivity index (χ2n) is 3.16. The molecule has 0 heterocycles. The molecule has 0 saturated carbocycles. The Bertz CT molecular complexity index is 444. The lowest BCUT2D eigenvalue weighted by molar-refractivity contribution is -0.388. The average molecular weight is 246 g/mol. The van der Waals surface area contributed by atoms with Gasteiger partial charge in [-0.25, -0.2) is 0 Å². The second kappa shape index (κ2) is 4.86. The van der Waals surface area contributed by atoms with Crippen LogP contribution < -0.4 is 5.32 Å². The maximum atomic E-state index is 12.6. The molecule has 0 unspecified atom stereocenters. The van der Waals surface area contributed by atoms with Gasteiger partial charge in [0.2, 0.25) is 0 Å². The number of halogens is 3. The van der Waals surface area contributed by atoms with Crippen LogP contribution in [0.5, 0.6) is 0 Å². The molecule has 1 aromatic rings. The quantitative estimate of drug-likeness (QED) is 0.504. The van der Waals surface area contributed by atoms with Gasteiger partial charge in [0, 0.05) is 18.3 Å². The van der Waals surface area contributed by atoms with Crippen molar-refractivity contribution in [3.8, 4) is 0 Å². The zero-order valence-corrected chi connectivity index (χ0v) is 8.62. The van der Waals surface area contributed by atoms with Crippen molar-refractivity contribution in [2.24, 2.45) is 0 Å². The van der Waals surface area contributed by atoms with Gasteiger partial charge in [0.05, 0.1) is 4.92 Å². The molecule has 0 spiro atoms. The molecule has 0 amide bonds. The molecule has 92 valence electrons. The van der Waals surface area contributed by atoms with Crippen LogP contribution in [0.1, 0.15) is 5.56 Å². The standard InChI is InChI=1S/C10H9F3N2O2/c1-2-5-14-7-3-4-9(15(16)17)8(6-7)10(11,12)13/h2-4,6,14H,1,5H2. The van der Waals surface area contributed by atoms with Gasteiger partial charge >= 0.3 is 6.18 Å². The molecule has 1 aromatic carbocycles. The van der Waals surface area contributed by atoms with Crippen molar-refractivity contribution >= 4 is 11.4 Å². The number of nitrogens with zero attached hydrogens (tertiary/aromatic N) is 1.